The molecule has 18 heteroatoms. The van der Waals surface area contributed by atoms with Gasteiger partial charge in [0.05, 0.1) is 43.2 Å². The summed E-state index contributed by atoms with van der Waals surface area (Å²) in [6, 6.07) is 4.73. The Hall–Kier alpha value is -3.80. The molecule has 3 rings (SSSR count). The molecule has 47 heavy (non-hydrogen) atoms. The summed E-state index contributed by atoms with van der Waals surface area (Å²) in [6.07, 6.45) is 2.02. The third-order valence-electron chi connectivity index (χ3n) is 6.84. The second-order valence-electron chi connectivity index (χ2n) is 10.9. The second kappa shape index (κ2) is 16.9. The minimum absolute atomic E-state index is 0. The van der Waals surface area contributed by atoms with Gasteiger partial charge in [-0.1, -0.05) is 47.6 Å². The zero-order valence-electron chi connectivity index (χ0n) is 27.0. The summed E-state index contributed by atoms with van der Waals surface area (Å²) >= 11 is 0. The SMILES string of the molecule is CC(C)c1cc(C(C)C)c(N=Cc2cc([N+](=O)[O-])cc([N+](=O)[O-])c2[O-])c(C(C)C)c1N=Cc1cc([N+](=O)[O-])cc([N+](=O)[O-])c1[O-].[Na+].[Na+]. The number of nitro benzene ring substituents is 4. The molecule has 0 aromatic heterocycles. The predicted molar refractivity (Wildman–Crippen MR) is 162 cm³/mol. The van der Waals surface area contributed by atoms with Gasteiger partial charge < -0.3 is 10.2 Å². The van der Waals surface area contributed by atoms with Crippen molar-refractivity contribution in [3.05, 3.63) is 98.6 Å². The summed E-state index contributed by atoms with van der Waals surface area (Å²) in [7, 11) is 0. The van der Waals surface area contributed by atoms with Gasteiger partial charge >= 0.3 is 59.1 Å². The molecule has 3 aromatic rings. The van der Waals surface area contributed by atoms with E-state index in [4.69, 9.17) is 0 Å². The zero-order valence-corrected chi connectivity index (χ0v) is 31.0. The number of nitrogens with zero attached hydrogens (tertiary/aromatic N) is 6. The number of hydrogen-bond donors (Lipinski definition) is 0. The number of non-ortho nitro benzene ring substituents is 2. The van der Waals surface area contributed by atoms with E-state index in [1.165, 1.54) is 0 Å². The Morgan fingerprint density at radius 1 is 0.553 bits per heavy atom. The van der Waals surface area contributed by atoms with Crippen molar-refractivity contribution >= 4 is 46.6 Å². The molecular formula is C29H28N6Na2O10. The van der Waals surface area contributed by atoms with E-state index in [2.05, 4.69) is 9.98 Å². The fourth-order valence-electron chi connectivity index (χ4n) is 4.62. The van der Waals surface area contributed by atoms with Gasteiger partial charge in [0.1, 0.15) is 0 Å². The van der Waals surface area contributed by atoms with Crippen LogP contribution in [-0.4, -0.2) is 32.1 Å². The molecule has 0 saturated carbocycles. The van der Waals surface area contributed by atoms with Crippen LogP contribution in [0.25, 0.3) is 0 Å². The van der Waals surface area contributed by atoms with E-state index in [0.29, 0.717) is 40.2 Å². The van der Waals surface area contributed by atoms with Gasteiger partial charge in [0.25, 0.3) is 22.7 Å². The van der Waals surface area contributed by atoms with Crippen molar-refractivity contribution in [2.24, 2.45) is 9.98 Å². The van der Waals surface area contributed by atoms with Crippen molar-refractivity contribution < 1.29 is 89.0 Å². The van der Waals surface area contributed by atoms with Crippen LogP contribution in [-0.2, 0) is 0 Å². The van der Waals surface area contributed by atoms with Gasteiger partial charge in [0, 0.05) is 30.1 Å². The predicted octanol–water partition coefficient (Wildman–Crippen LogP) is 0.346. The molecule has 0 aliphatic heterocycles. The number of rotatable bonds is 11. The number of nitro groups is 4. The average Bonchev–Trinajstić information content (AvgIpc) is 2.94. The van der Waals surface area contributed by atoms with Crippen LogP contribution in [0.2, 0.25) is 0 Å². The van der Waals surface area contributed by atoms with Crippen molar-refractivity contribution in [2.45, 2.75) is 59.3 Å². The molecule has 0 aliphatic rings. The van der Waals surface area contributed by atoms with Gasteiger partial charge in [0.2, 0.25) is 0 Å². The molecular weight excluding hydrogens is 638 g/mol. The molecule has 0 fully saturated rings. The van der Waals surface area contributed by atoms with Crippen molar-refractivity contribution in [1.29, 1.82) is 0 Å². The van der Waals surface area contributed by atoms with Crippen LogP contribution in [0.5, 0.6) is 11.5 Å². The molecule has 0 heterocycles. The molecule has 0 amide bonds. The van der Waals surface area contributed by atoms with Crippen molar-refractivity contribution in [3.63, 3.8) is 0 Å². The fourth-order valence-corrected chi connectivity index (χ4v) is 4.62. The fraction of sp³-hybridized carbons (Fsp3) is 0.310. The molecule has 3 aromatic carbocycles. The second-order valence-corrected chi connectivity index (χ2v) is 10.9. The summed E-state index contributed by atoms with van der Waals surface area (Å²) in [4.78, 5) is 50.9. The van der Waals surface area contributed by atoms with Crippen LogP contribution in [0, 0.1) is 40.5 Å². The average molecular weight is 667 g/mol. The molecule has 0 saturated heterocycles. The first-order chi connectivity index (χ1) is 21.0. The Kier molecular flexibility index (Phi) is 14.8. The van der Waals surface area contributed by atoms with E-state index in [-0.39, 0.29) is 76.9 Å². The van der Waals surface area contributed by atoms with Gasteiger partial charge in [-0.05, 0) is 51.5 Å². The number of hydrogen-bond acceptors (Lipinski definition) is 12. The molecule has 16 nitrogen and oxygen atoms in total. The van der Waals surface area contributed by atoms with Gasteiger partial charge in [-0.15, -0.1) is 0 Å². The van der Waals surface area contributed by atoms with Crippen molar-refractivity contribution in [1.82, 2.24) is 0 Å². The number of benzene rings is 3. The van der Waals surface area contributed by atoms with Crippen LogP contribution >= 0.6 is 0 Å². The summed E-state index contributed by atoms with van der Waals surface area (Å²) in [5, 5.41) is 71.2. The minimum Gasteiger partial charge on any atom is -0.867 e. The van der Waals surface area contributed by atoms with E-state index in [1.54, 1.807) is 0 Å². The molecule has 0 spiro atoms. The normalized spacial score (nSPS) is 11.3. The van der Waals surface area contributed by atoms with Gasteiger partial charge in [-0.2, -0.15) is 0 Å². The van der Waals surface area contributed by atoms with E-state index < -0.39 is 65.1 Å². The monoisotopic (exact) mass is 666 g/mol. The Bertz CT molecular complexity index is 1670. The van der Waals surface area contributed by atoms with E-state index >= 15 is 0 Å². The van der Waals surface area contributed by atoms with Crippen LogP contribution < -0.4 is 69.3 Å². The largest absolute Gasteiger partial charge is 1.00 e. The van der Waals surface area contributed by atoms with E-state index in [9.17, 15) is 50.7 Å². The maximum absolute atomic E-state index is 12.8. The maximum Gasteiger partial charge on any atom is 1.00 e. The molecule has 236 valence electrons. The smallest absolute Gasteiger partial charge is 0.867 e. The van der Waals surface area contributed by atoms with Crippen molar-refractivity contribution in [3.8, 4) is 11.5 Å². The minimum atomic E-state index is -1.07. The third-order valence-corrected chi connectivity index (χ3v) is 6.84. The Balaban J connectivity index is 0.00000552. The Labute approximate surface area is 312 Å². The van der Waals surface area contributed by atoms with Gasteiger partial charge in [0.15, 0.2) is 0 Å². The van der Waals surface area contributed by atoms with Gasteiger partial charge in [-0.25, -0.2) is 0 Å². The quantitative estimate of drug-likeness (QED) is 0.118. The first-order valence-electron chi connectivity index (χ1n) is 13.5. The Morgan fingerprint density at radius 3 is 1.15 bits per heavy atom. The first-order valence-corrected chi connectivity index (χ1v) is 13.5. The summed E-state index contributed by atoms with van der Waals surface area (Å²) in [6.45, 7) is 11.2. The number of aliphatic imine (C=N–C) groups is 2. The standard InChI is InChI=1S/C29H30N6O10.2Na/c1-14(2)21-11-22(15(3)4)27(31-13-18-8-20(33(40)41)10-24(29(18)37)35(44)45)25(16(5)6)26(21)30-12-17-7-19(32(38)39)9-23(28(17)36)34(42)43;;/h7-16,36-37H,1-6H3;;/q;2*+1/p-2. The van der Waals surface area contributed by atoms with E-state index in [1.807, 2.05) is 47.6 Å². The summed E-state index contributed by atoms with van der Waals surface area (Å²) in [5.41, 5.74) is -1.56. The van der Waals surface area contributed by atoms with Crippen LogP contribution in [0.15, 0.2) is 40.3 Å². The van der Waals surface area contributed by atoms with Gasteiger partial charge in [-0.3, -0.25) is 50.4 Å². The zero-order chi connectivity index (χ0) is 33.9. The van der Waals surface area contributed by atoms with Crippen LogP contribution in [0.4, 0.5) is 34.1 Å². The van der Waals surface area contributed by atoms with Crippen molar-refractivity contribution in [2.75, 3.05) is 0 Å². The van der Waals surface area contributed by atoms with E-state index in [0.717, 1.165) is 24.6 Å². The molecule has 0 aliphatic carbocycles. The third kappa shape index (κ3) is 9.18. The molecule has 0 atom stereocenters. The van der Waals surface area contributed by atoms with Crippen LogP contribution in [0.3, 0.4) is 0 Å². The Morgan fingerprint density at radius 2 is 0.894 bits per heavy atom. The molecule has 0 radical (unpaired) electrons. The molecule has 0 N–H and O–H groups in total. The first kappa shape index (κ1) is 41.2. The summed E-state index contributed by atoms with van der Waals surface area (Å²) in [5.74, 6) is -2.76. The molecule has 0 bridgehead atoms. The maximum atomic E-state index is 12.8. The summed E-state index contributed by atoms with van der Waals surface area (Å²) < 4.78 is 0. The molecule has 0 unspecified atom stereocenters. The van der Waals surface area contributed by atoms with Crippen LogP contribution in [0.1, 0.15) is 87.1 Å². The topological polar surface area (TPSA) is 243 Å².